The van der Waals surface area contributed by atoms with Crippen molar-refractivity contribution in [1.82, 2.24) is 59.7 Å². The van der Waals surface area contributed by atoms with Gasteiger partial charge in [-0.1, -0.05) is 61.4 Å². The molecule has 18 nitrogen and oxygen atoms in total. The fourth-order valence-electron chi connectivity index (χ4n) is 11.8. The summed E-state index contributed by atoms with van der Waals surface area (Å²) in [5.74, 6) is 4.09. The highest BCUT2D eigenvalue weighted by Crippen LogP contribution is 2.37. The Morgan fingerprint density at radius 2 is 1.11 bits per heavy atom. The van der Waals surface area contributed by atoms with E-state index in [2.05, 4.69) is 105 Å². The van der Waals surface area contributed by atoms with E-state index in [0.717, 1.165) is 151 Å². The van der Waals surface area contributed by atoms with Crippen molar-refractivity contribution in [3.8, 4) is 0 Å². The first-order valence-corrected chi connectivity index (χ1v) is 28.0. The van der Waals surface area contributed by atoms with Crippen LogP contribution in [-0.4, -0.2) is 123 Å². The van der Waals surface area contributed by atoms with Gasteiger partial charge in [0, 0.05) is 86.5 Å². The number of anilines is 4. The molecule has 2 saturated carbocycles. The minimum Gasteiger partial charge on any atom is -0.368 e. The van der Waals surface area contributed by atoms with Crippen LogP contribution in [0.4, 0.5) is 23.5 Å². The van der Waals surface area contributed by atoms with E-state index in [1.54, 1.807) is 22.7 Å². The fraction of sp³-hybridized carbons (Fsp3) is 0.509. The summed E-state index contributed by atoms with van der Waals surface area (Å²) in [6.45, 7) is 13.2. The molecule has 6 aromatic heterocycles. The smallest absolute Gasteiger partial charge is 0.225 e. The number of nitrogens with zero attached hydrogens (tertiary/aromatic N) is 14. The van der Waals surface area contributed by atoms with Crippen LogP contribution in [0.1, 0.15) is 81.9 Å². The van der Waals surface area contributed by atoms with Crippen LogP contribution in [0.5, 0.6) is 0 Å². The Balaban J connectivity index is 0.000000157. The normalized spacial score (nSPS) is 21.8. The van der Waals surface area contributed by atoms with Gasteiger partial charge in [0.05, 0.1) is 21.8 Å². The highest BCUT2D eigenvalue weighted by molar-refractivity contribution is 7.19. The van der Waals surface area contributed by atoms with Crippen molar-refractivity contribution < 1.29 is 9.59 Å². The Morgan fingerprint density at radius 3 is 1.64 bits per heavy atom. The number of hydrogen-bond donors (Lipinski definition) is 2. The lowest BCUT2D eigenvalue weighted by molar-refractivity contribution is -0.138. The van der Waals surface area contributed by atoms with Crippen LogP contribution in [0.2, 0.25) is 0 Å². The molecule has 2 amide bonds. The van der Waals surface area contributed by atoms with Crippen molar-refractivity contribution in [2.45, 2.75) is 104 Å². The van der Waals surface area contributed by atoms with E-state index in [9.17, 15) is 9.59 Å². The molecule has 2 aliphatic carbocycles. The zero-order chi connectivity index (χ0) is 50.2. The zero-order valence-corrected chi connectivity index (χ0v) is 43.8. The summed E-state index contributed by atoms with van der Waals surface area (Å²) in [6, 6.07) is 20.7. The molecule has 4 aliphatic rings. The van der Waals surface area contributed by atoms with Gasteiger partial charge in [-0.25, -0.2) is 19.3 Å². The Kier molecular flexibility index (Phi) is 14.1. The first-order valence-electron chi connectivity index (χ1n) is 26.4. The summed E-state index contributed by atoms with van der Waals surface area (Å²) >= 11 is 3.37. The molecule has 0 spiro atoms. The maximum absolute atomic E-state index is 13.6. The number of nitrogens with two attached hydrogens (primary N) is 2. The van der Waals surface area contributed by atoms with Gasteiger partial charge in [-0.15, -0.1) is 32.9 Å². The number of fused-ring (bicyclic) bond motifs is 4. The molecule has 0 bridgehead atoms. The molecule has 20 heteroatoms. The third-order valence-electron chi connectivity index (χ3n) is 15.6. The highest BCUT2D eigenvalue weighted by atomic mass is 32.1. The predicted octanol–water partition coefficient (Wildman–Crippen LogP) is 7.86. The second kappa shape index (κ2) is 21.1. The summed E-state index contributed by atoms with van der Waals surface area (Å²) in [5.41, 5.74) is 16.1. The Morgan fingerprint density at radius 1 is 0.616 bits per heavy atom. The largest absolute Gasteiger partial charge is 0.368 e. The number of piperazine rings is 2. The number of aryl methyl sites for hydroxylation is 2. The van der Waals surface area contributed by atoms with E-state index in [-0.39, 0.29) is 17.9 Å². The summed E-state index contributed by atoms with van der Waals surface area (Å²) in [6.07, 6.45) is 10.2. The van der Waals surface area contributed by atoms with Crippen molar-refractivity contribution in [2.75, 3.05) is 67.1 Å². The molecule has 4 N–H and O–H groups in total. The number of aromatic nitrogens is 10. The molecule has 2 aromatic carbocycles. The lowest BCUT2D eigenvalue weighted by Gasteiger charge is -2.42. The number of carbonyl (C=O) groups is 2. The third kappa shape index (κ3) is 10.2. The average molecular weight is 1020 g/mol. The molecule has 4 fully saturated rings. The van der Waals surface area contributed by atoms with Crippen molar-refractivity contribution >= 4 is 101 Å². The first kappa shape index (κ1) is 48.7. The number of para-hydroxylation sites is 2. The van der Waals surface area contributed by atoms with Gasteiger partial charge in [-0.05, 0) is 107 Å². The van der Waals surface area contributed by atoms with E-state index >= 15 is 0 Å². The maximum Gasteiger partial charge on any atom is 0.225 e. The van der Waals surface area contributed by atoms with E-state index < -0.39 is 0 Å². The van der Waals surface area contributed by atoms with E-state index in [1.807, 2.05) is 45.8 Å². The van der Waals surface area contributed by atoms with Crippen molar-refractivity contribution in [1.29, 1.82) is 0 Å². The Bertz CT molecular complexity index is 3250. The average Bonchev–Trinajstić information content (AvgIpc) is 4.24. The van der Waals surface area contributed by atoms with E-state index in [0.29, 0.717) is 61.7 Å². The van der Waals surface area contributed by atoms with Crippen LogP contribution < -0.4 is 21.3 Å². The SMILES string of the molecule is CCc1cc2c(N3CCN(C(=O)[C@@H]4CCC[C@H](Cn5nnc6ccccc65)C4)CC3)nc(N)nc2s1.CCc1cc2c(N3CCN(C(=O)[C@@H]4CCC[C@H](Cn5nnc6ccccc65)C4)C[C@@H]3C)nc(N)nc2s1. The summed E-state index contributed by atoms with van der Waals surface area (Å²) in [5, 5.41) is 19.5. The Hall–Kier alpha value is -6.54. The molecule has 73 heavy (non-hydrogen) atoms. The minimum atomic E-state index is 0.0812. The monoisotopic (exact) mass is 1020 g/mol. The van der Waals surface area contributed by atoms with E-state index in [4.69, 9.17) is 11.5 Å². The molecular weight excluding hydrogens is 957 g/mol. The van der Waals surface area contributed by atoms with Gasteiger partial charge < -0.3 is 31.1 Å². The molecule has 0 radical (unpaired) electrons. The molecule has 8 heterocycles. The second-order valence-corrected chi connectivity index (χ2v) is 22.7. The first-order chi connectivity index (χ1) is 35.6. The van der Waals surface area contributed by atoms with Gasteiger partial charge in [0.1, 0.15) is 32.3 Å². The van der Waals surface area contributed by atoms with Crippen LogP contribution >= 0.6 is 22.7 Å². The second-order valence-electron chi connectivity index (χ2n) is 20.5. The van der Waals surface area contributed by atoms with Gasteiger partial charge in [-0.3, -0.25) is 9.59 Å². The summed E-state index contributed by atoms with van der Waals surface area (Å²) in [7, 11) is 0. The van der Waals surface area contributed by atoms with Crippen LogP contribution in [0.25, 0.3) is 42.5 Å². The van der Waals surface area contributed by atoms with Gasteiger partial charge in [-0.2, -0.15) is 9.97 Å². The number of thiophene rings is 2. The number of hydrogen-bond acceptors (Lipinski definition) is 16. The number of nitrogen functional groups attached to an aromatic ring is 2. The standard InChI is InChI=1S/C27H34N8OS.C26H32N8OS/c1-3-20-14-21-24(29-27(28)30-25(21)37-20)34-12-11-33(15-17(34)2)26(36)19-8-6-7-18(13-19)16-35-23-10-5-4-9-22(23)31-32-35;1-2-19-15-20-23(28-26(27)29-24(20)36-19)32-10-12-33(13-11-32)25(35)18-7-5-6-17(14-18)16-34-22-9-4-3-8-21(22)30-31-34/h4-5,9-10,14,17-19H,3,6-8,11-13,15-16H2,1-2H3,(H2,28,29,30);3-4,8-9,15,17-18H,2,5-7,10-14,16H2,1H3,(H2,27,28,29)/t17-,18-,19+;17-,18+/m00/s1. The molecule has 5 atom stereocenters. The van der Waals surface area contributed by atoms with E-state index in [1.165, 1.54) is 9.75 Å². The summed E-state index contributed by atoms with van der Waals surface area (Å²) < 4.78 is 4.02. The zero-order valence-electron chi connectivity index (χ0n) is 42.1. The molecule has 382 valence electrons. The van der Waals surface area contributed by atoms with Gasteiger partial charge >= 0.3 is 0 Å². The topological polar surface area (TPSA) is 212 Å². The number of carbonyl (C=O) groups excluding carboxylic acids is 2. The van der Waals surface area contributed by atoms with Crippen molar-refractivity contribution in [3.63, 3.8) is 0 Å². The number of amides is 2. The quantitative estimate of drug-likeness (QED) is 0.134. The van der Waals surface area contributed by atoms with Crippen molar-refractivity contribution in [3.05, 3.63) is 70.4 Å². The van der Waals surface area contributed by atoms with Gasteiger partial charge in [0.25, 0.3) is 0 Å². The molecule has 0 unspecified atom stereocenters. The highest BCUT2D eigenvalue weighted by Gasteiger charge is 2.36. The van der Waals surface area contributed by atoms with Crippen LogP contribution in [-0.2, 0) is 35.5 Å². The maximum atomic E-state index is 13.6. The molecule has 2 aliphatic heterocycles. The number of benzene rings is 2. The molecule has 8 aromatic rings. The van der Waals surface area contributed by atoms with Crippen LogP contribution in [0.15, 0.2) is 60.7 Å². The van der Waals surface area contributed by atoms with Crippen molar-refractivity contribution in [2.24, 2.45) is 23.7 Å². The fourth-order valence-corrected chi connectivity index (χ4v) is 13.8. The molecular formula is C53H66N16O2S2. The minimum absolute atomic E-state index is 0.0812. The van der Waals surface area contributed by atoms with Crippen LogP contribution in [0, 0.1) is 23.7 Å². The Labute approximate surface area is 433 Å². The lowest BCUT2D eigenvalue weighted by atomic mass is 9.80. The summed E-state index contributed by atoms with van der Waals surface area (Å²) in [4.78, 5) is 58.4. The molecule has 12 rings (SSSR count). The van der Waals surface area contributed by atoms with Gasteiger partial charge in [0.15, 0.2) is 0 Å². The predicted molar refractivity (Wildman–Crippen MR) is 291 cm³/mol. The number of rotatable bonds is 10. The lowest BCUT2D eigenvalue weighted by Crippen LogP contribution is -2.55. The van der Waals surface area contributed by atoms with Crippen LogP contribution in [0.3, 0.4) is 0 Å². The third-order valence-corrected chi connectivity index (χ3v) is 18.0. The molecule has 2 saturated heterocycles. The van der Waals surface area contributed by atoms with Gasteiger partial charge in [0.2, 0.25) is 23.7 Å².